The van der Waals surface area contributed by atoms with Crippen LogP contribution in [-0.4, -0.2) is 25.2 Å². The molecule has 0 N–H and O–H groups in total. The fourth-order valence-corrected chi connectivity index (χ4v) is 7.18. The Morgan fingerprint density at radius 3 is 1.49 bits per heavy atom. The van der Waals surface area contributed by atoms with Gasteiger partial charge < -0.3 is 33.5 Å². The lowest BCUT2D eigenvalue weighted by Crippen LogP contribution is -3.00. The second-order valence-corrected chi connectivity index (χ2v) is 15.1. The van der Waals surface area contributed by atoms with Gasteiger partial charge >= 0.3 is 0 Å². The molecule has 0 amide bonds. The summed E-state index contributed by atoms with van der Waals surface area (Å²) in [4.78, 5) is 2.62. The predicted molar refractivity (Wildman–Crippen MR) is 216 cm³/mol. The Balaban J connectivity index is 0.0000130. The molecule has 1 aromatic carbocycles. The maximum Gasteiger partial charge on any atom is 0.173 e. The van der Waals surface area contributed by atoms with Crippen LogP contribution in [0.15, 0.2) is 42.7 Å². The van der Waals surface area contributed by atoms with Gasteiger partial charge in [-0.25, -0.2) is 4.57 Å². The van der Waals surface area contributed by atoms with E-state index in [9.17, 15) is 0 Å². The van der Waals surface area contributed by atoms with Crippen LogP contribution in [-0.2, 0) is 19.6 Å². The smallest absolute Gasteiger partial charge is 0.173 e. The average Bonchev–Trinajstić information content (AvgIpc) is 3.14. The molecule has 1 heterocycles. The summed E-state index contributed by atoms with van der Waals surface area (Å²) in [5.74, 6) is 1.74. The van der Waals surface area contributed by atoms with Crippen LogP contribution in [0.1, 0.15) is 199 Å². The molecule has 0 aliphatic rings. The molecule has 0 unspecified atom stereocenters. The first-order valence-electron chi connectivity index (χ1n) is 21.7. The zero-order chi connectivity index (χ0) is 35.7. The lowest BCUT2D eigenvalue weighted by atomic mass is 10.0. The molecule has 0 atom stereocenters. The Hall–Kier alpha value is -1.34. The number of halogens is 1. The summed E-state index contributed by atoms with van der Waals surface area (Å²) in [5, 5.41) is 0. The molecule has 294 valence electrons. The summed E-state index contributed by atoms with van der Waals surface area (Å²) in [6.07, 6.45) is 40.4. The van der Waals surface area contributed by atoms with Crippen molar-refractivity contribution in [3.63, 3.8) is 0 Å². The van der Waals surface area contributed by atoms with Gasteiger partial charge in [0.1, 0.15) is 6.54 Å². The lowest BCUT2D eigenvalue weighted by molar-refractivity contribution is -0.694. The molecular weight excluding hydrogens is 739 g/mol. The maximum absolute atomic E-state index is 6.22. The van der Waals surface area contributed by atoms with Gasteiger partial charge in [-0.05, 0) is 50.1 Å². The van der Waals surface area contributed by atoms with Gasteiger partial charge in [-0.1, -0.05) is 174 Å². The molecule has 2 aromatic rings. The fraction of sp³-hybridized carbons (Fsp3) is 0.761. The minimum absolute atomic E-state index is 0. The van der Waals surface area contributed by atoms with Crippen LogP contribution in [0.5, 0.6) is 11.5 Å². The van der Waals surface area contributed by atoms with E-state index in [1.54, 1.807) is 7.11 Å². The van der Waals surface area contributed by atoms with Crippen molar-refractivity contribution in [1.82, 2.24) is 4.90 Å². The molecule has 0 bridgehead atoms. The topological polar surface area (TPSA) is 25.6 Å². The van der Waals surface area contributed by atoms with E-state index in [-0.39, 0.29) is 24.0 Å². The molecule has 0 fully saturated rings. The van der Waals surface area contributed by atoms with E-state index >= 15 is 0 Å². The van der Waals surface area contributed by atoms with Gasteiger partial charge in [-0.2, -0.15) is 0 Å². The Labute approximate surface area is 334 Å². The monoisotopic (exact) mass is 821 g/mol. The number of hydrogen-bond donors (Lipinski definition) is 0. The standard InChI is InChI=1S/C46H81N2O2.HI/c1-5-8-10-12-14-16-18-20-21-22-24-26-28-30-36-48(42-44-33-32-37-47(7-3)41-44)40-43-34-35-45(46(39-43)49-4)50-38-31-29-27-25-23-19-17-15-13-11-9-6-2;/h32-35,37,39,41H,5-31,36,38,40,42H2,1-4H3;1H/q+1;/p-1. The third kappa shape index (κ3) is 25.3. The van der Waals surface area contributed by atoms with Crippen LogP contribution < -0.4 is 38.0 Å². The maximum atomic E-state index is 6.22. The van der Waals surface area contributed by atoms with Crippen LogP contribution in [0.3, 0.4) is 0 Å². The van der Waals surface area contributed by atoms with Crippen LogP contribution in [0.4, 0.5) is 0 Å². The van der Waals surface area contributed by atoms with Gasteiger partial charge in [0.15, 0.2) is 23.9 Å². The SMILES string of the molecule is CCCCCCCCCCCCCCCCN(Cc1ccc(OCCCCCCCCCCCCCC)c(OC)c1)Cc1ccc[n+](CC)c1.[I-]. The minimum Gasteiger partial charge on any atom is -1.00 e. The van der Waals surface area contributed by atoms with Gasteiger partial charge in [-0.3, -0.25) is 4.90 Å². The molecule has 0 aliphatic carbocycles. The summed E-state index contributed by atoms with van der Waals surface area (Å²) in [7, 11) is 1.77. The fourth-order valence-electron chi connectivity index (χ4n) is 7.18. The van der Waals surface area contributed by atoms with Gasteiger partial charge in [0.25, 0.3) is 0 Å². The highest BCUT2D eigenvalue weighted by Gasteiger charge is 2.13. The number of aromatic nitrogens is 1. The van der Waals surface area contributed by atoms with E-state index in [1.165, 1.54) is 172 Å². The van der Waals surface area contributed by atoms with E-state index in [0.717, 1.165) is 50.7 Å². The Morgan fingerprint density at radius 1 is 0.529 bits per heavy atom. The Morgan fingerprint density at radius 2 is 1.00 bits per heavy atom. The number of unbranched alkanes of at least 4 members (excludes halogenated alkanes) is 24. The number of rotatable bonds is 35. The number of pyridine rings is 1. The number of aryl methyl sites for hydroxylation is 1. The van der Waals surface area contributed by atoms with Crippen LogP contribution in [0, 0.1) is 0 Å². The molecule has 0 radical (unpaired) electrons. The summed E-state index contributed by atoms with van der Waals surface area (Å²) in [6, 6.07) is 11.0. The largest absolute Gasteiger partial charge is 1.00 e. The Bertz CT molecular complexity index is 1050. The minimum atomic E-state index is 0. The van der Waals surface area contributed by atoms with Crippen LogP contribution in [0.25, 0.3) is 0 Å². The molecule has 0 spiro atoms. The van der Waals surface area contributed by atoms with Crippen molar-refractivity contribution in [2.24, 2.45) is 0 Å². The van der Waals surface area contributed by atoms with Crippen molar-refractivity contribution in [3.05, 3.63) is 53.9 Å². The third-order valence-electron chi connectivity index (χ3n) is 10.4. The lowest BCUT2D eigenvalue weighted by Gasteiger charge is -2.23. The molecule has 4 nitrogen and oxygen atoms in total. The van der Waals surface area contributed by atoms with Crippen molar-refractivity contribution < 1.29 is 38.0 Å². The molecule has 5 heteroatoms. The molecule has 1 aromatic heterocycles. The molecule has 2 rings (SSSR count). The van der Waals surface area contributed by atoms with Crippen molar-refractivity contribution >= 4 is 0 Å². The van der Waals surface area contributed by atoms with E-state index in [4.69, 9.17) is 9.47 Å². The first-order chi connectivity index (χ1) is 24.7. The number of ether oxygens (including phenoxy) is 2. The highest BCUT2D eigenvalue weighted by Crippen LogP contribution is 2.29. The zero-order valence-corrected chi connectivity index (χ0v) is 36.2. The van der Waals surface area contributed by atoms with Crippen LogP contribution >= 0.6 is 0 Å². The van der Waals surface area contributed by atoms with E-state index in [2.05, 4.69) is 73.0 Å². The summed E-state index contributed by atoms with van der Waals surface area (Å²) in [5.41, 5.74) is 2.68. The van der Waals surface area contributed by atoms with Crippen molar-refractivity contribution in [2.75, 3.05) is 20.3 Å². The molecule has 0 aliphatic heterocycles. The number of methoxy groups -OCH3 is 1. The summed E-state index contributed by atoms with van der Waals surface area (Å²) >= 11 is 0. The predicted octanol–water partition coefficient (Wildman–Crippen LogP) is 10.6. The highest BCUT2D eigenvalue weighted by atomic mass is 127. The van der Waals surface area contributed by atoms with Gasteiger partial charge in [0.05, 0.1) is 13.7 Å². The molecule has 0 saturated heterocycles. The average molecular weight is 821 g/mol. The quantitative estimate of drug-likeness (QED) is 0.0394. The number of benzene rings is 1. The number of nitrogens with zero attached hydrogens (tertiary/aromatic N) is 2. The third-order valence-corrected chi connectivity index (χ3v) is 10.4. The molecular formula is C46H81IN2O2. The van der Waals surface area contributed by atoms with Gasteiger partial charge in [-0.15, -0.1) is 0 Å². The first kappa shape index (κ1) is 47.7. The first-order valence-corrected chi connectivity index (χ1v) is 21.7. The van der Waals surface area contributed by atoms with Crippen LogP contribution in [0.2, 0.25) is 0 Å². The van der Waals surface area contributed by atoms with E-state index in [0.29, 0.717) is 0 Å². The second kappa shape index (κ2) is 34.4. The summed E-state index contributed by atoms with van der Waals surface area (Å²) in [6.45, 7) is 11.6. The molecule has 51 heavy (non-hydrogen) atoms. The molecule has 0 saturated carbocycles. The summed E-state index contributed by atoms with van der Waals surface area (Å²) < 4.78 is 14.3. The van der Waals surface area contributed by atoms with E-state index in [1.807, 2.05) is 0 Å². The number of hydrogen-bond acceptors (Lipinski definition) is 3. The van der Waals surface area contributed by atoms with Gasteiger partial charge in [0, 0.05) is 24.7 Å². The Kier molecular flexibility index (Phi) is 32.2. The highest BCUT2D eigenvalue weighted by molar-refractivity contribution is 5.43. The van der Waals surface area contributed by atoms with Crippen molar-refractivity contribution in [2.45, 2.75) is 207 Å². The van der Waals surface area contributed by atoms with Crippen molar-refractivity contribution in [3.8, 4) is 11.5 Å². The van der Waals surface area contributed by atoms with Crippen molar-refractivity contribution in [1.29, 1.82) is 0 Å². The normalized spacial score (nSPS) is 11.2. The van der Waals surface area contributed by atoms with E-state index < -0.39 is 0 Å². The van der Waals surface area contributed by atoms with Gasteiger partial charge in [0.2, 0.25) is 0 Å². The zero-order valence-electron chi connectivity index (χ0n) is 34.1. The second-order valence-electron chi connectivity index (χ2n) is 15.1.